The molecule has 180 valence electrons. The fourth-order valence-electron chi connectivity index (χ4n) is 4.25. The number of carbonyl (C=O) groups is 1. The van der Waals surface area contributed by atoms with E-state index in [1.54, 1.807) is 0 Å². The zero-order valence-electron chi connectivity index (χ0n) is 21.2. The molecule has 1 aromatic carbocycles. The smallest absolute Gasteiger partial charge is 0.355 e. The van der Waals surface area contributed by atoms with Crippen molar-refractivity contribution in [2.75, 3.05) is 0 Å². The lowest BCUT2D eigenvalue weighted by Gasteiger charge is -2.22. The highest BCUT2D eigenvalue weighted by atomic mass is 32.2. The average molecular weight is 478 g/mol. The van der Waals surface area contributed by atoms with Gasteiger partial charge in [-0.3, -0.25) is 4.98 Å². The molecule has 0 spiro atoms. The Labute approximate surface area is 207 Å². The average Bonchev–Trinajstić information content (AvgIpc) is 2.77. The maximum absolute atomic E-state index is 12.0. The molecule has 3 rings (SSSR count). The predicted molar refractivity (Wildman–Crippen MR) is 141 cm³/mol. The minimum Gasteiger partial charge on any atom is -0.476 e. The molecule has 0 aliphatic carbocycles. The molecular weight excluding hydrogens is 442 g/mol. The number of benzene rings is 1. The first kappa shape index (κ1) is 25.9. The van der Waals surface area contributed by atoms with Crippen LogP contribution >= 0.6 is 11.8 Å². The Bertz CT molecular complexity index is 1220. The molecule has 34 heavy (non-hydrogen) atoms. The van der Waals surface area contributed by atoms with Gasteiger partial charge in [0.05, 0.1) is 0 Å². The molecule has 5 nitrogen and oxygen atoms in total. The van der Waals surface area contributed by atoms with Gasteiger partial charge in [-0.25, -0.2) is 9.78 Å². The SMILES string of the molecule is Cc1ccc(-c2c(CSc3c(C(=O)O)nc(C)c(C)c3C)c(C)nc(CC(C)C)c2CN)cc1. The lowest BCUT2D eigenvalue weighted by Crippen LogP contribution is -2.13. The molecule has 0 aliphatic rings. The van der Waals surface area contributed by atoms with Crippen LogP contribution in [0, 0.1) is 40.5 Å². The van der Waals surface area contributed by atoms with E-state index < -0.39 is 5.97 Å². The van der Waals surface area contributed by atoms with Crippen LogP contribution in [0.25, 0.3) is 11.1 Å². The summed E-state index contributed by atoms with van der Waals surface area (Å²) in [7, 11) is 0. The maximum Gasteiger partial charge on any atom is 0.355 e. The summed E-state index contributed by atoms with van der Waals surface area (Å²) in [5.41, 5.74) is 16.8. The maximum atomic E-state index is 12.0. The third kappa shape index (κ3) is 5.34. The van der Waals surface area contributed by atoms with Crippen LogP contribution in [-0.4, -0.2) is 21.0 Å². The molecule has 3 N–H and O–H groups in total. The Balaban J connectivity index is 2.18. The summed E-state index contributed by atoms with van der Waals surface area (Å²) in [4.78, 5) is 22.1. The number of aromatic carboxylic acids is 1. The van der Waals surface area contributed by atoms with Crippen molar-refractivity contribution in [1.82, 2.24) is 9.97 Å². The largest absolute Gasteiger partial charge is 0.476 e. The zero-order valence-corrected chi connectivity index (χ0v) is 22.1. The topological polar surface area (TPSA) is 89.1 Å². The van der Waals surface area contributed by atoms with Gasteiger partial charge in [-0.2, -0.15) is 0 Å². The lowest BCUT2D eigenvalue weighted by atomic mass is 9.90. The molecule has 3 aromatic rings. The van der Waals surface area contributed by atoms with Crippen molar-refractivity contribution in [3.05, 3.63) is 74.9 Å². The normalized spacial score (nSPS) is 11.3. The number of aryl methyl sites for hydroxylation is 3. The Morgan fingerprint density at radius 1 is 0.971 bits per heavy atom. The highest BCUT2D eigenvalue weighted by Crippen LogP contribution is 2.38. The number of nitrogens with two attached hydrogens (primary N) is 1. The van der Waals surface area contributed by atoms with Gasteiger partial charge in [0.2, 0.25) is 0 Å². The van der Waals surface area contributed by atoms with Gasteiger partial charge in [0.1, 0.15) is 0 Å². The number of hydrogen-bond acceptors (Lipinski definition) is 5. The third-order valence-corrected chi connectivity index (χ3v) is 7.56. The Morgan fingerprint density at radius 2 is 1.62 bits per heavy atom. The summed E-state index contributed by atoms with van der Waals surface area (Å²) in [6.07, 6.45) is 0.864. The lowest BCUT2D eigenvalue weighted by molar-refractivity contribution is 0.0685. The number of hydrogen-bond donors (Lipinski definition) is 2. The Hall–Kier alpha value is -2.70. The van der Waals surface area contributed by atoms with Gasteiger partial charge in [0.25, 0.3) is 0 Å². The number of thioether (sulfide) groups is 1. The summed E-state index contributed by atoms with van der Waals surface area (Å²) in [5.74, 6) is 0.0466. The van der Waals surface area contributed by atoms with Crippen LogP contribution in [-0.2, 0) is 18.7 Å². The minimum absolute atomic E-state index is 0.114. The molecular formula is C28H35N3O2S. The summed E-state index contributed by atoms with van der Waals surface area (Å²) >= 11 is 1.52. The Kier molecular flexibility index (Phi) is 8.16. The number of carboxylic acids is 1. The van der Waals surface area contributed by atoms with Crippen LogP contribution in [0.15, 0.2) is 29.2 Å². The number of pyridine rings is 2. The first-order valence-corrected chi connectivity index (χ1v) is 12.7. The van der Waals surface area contributed by atoms with Gasteiger partial charge in [0.15, 0.2) is 5.69 Å². The second-order valence-electron chi connectivity index (χ2n) is 9.36. The molecule has 0 fully saturated rings. The number of nitrogens with zero attached hydrogens (tertiary/aromatic N) is 2. The van der Waals surface area contributed by atoms with Crippen molar-refractivity contribution in [3.63, 3.8) is 0 Å². The van der Waals surface area contributed by atoms with Gasteiger partial charge in [-0.1, -0.05) is 43.7 Å². The first-order valence-electron chi connectivity index (χ1n) is 11.7. The zero-order chi connectivity index (χ0) is 25.2. The molecule has 0 aliphatic heterocycles. The summed E-state index contributed by atoms with van der Waals surface area (Å²) in [6.45, 7) is 14.7. The molecule has 2 aromatic heterocycles. The predicted octanol–water partition coefficient (Wildman–Crippen LogP) is 6.33. The van der Waals surface area contributed by atoms with Crippen LogP contribution in [0.2, 0.25) is 0 Å². The van der Waals surface area contributed by atoms with Gasteiger partial charge in [-0.05, 0) is 80.3 Å². The fourth-order valence-corrected chi connectivity index (χ4v) is 5.53. The molecule has 0 amide bonds. The van der Waals surface area contributed by atoms with Crippen molar-refractivity contribution in [2.45, 2.75) is 72.1 Å². The minimum atomic E-state index is -1.00. The monoisotopic (exact) mass is 477 g/mol. The molecule has 0 saturated heterocycles. The highest BCUT2D eigenvalue weighted by Gasteiger charge is 2.22. The quantitative estimate of drug-likeness (QED) is 0.368. The summed E-state index contributed by atoms with van der Waals surface area (Å²) in [6, 6.07) is 8.51. The van der Waals surface area contributed by atoms with Gasteiger partial charge in [0, 0.05) is 34.3 Å². The molecule has 6 heteroatoms. The number of carboxylic acid groups (broad SMARTS) is 1. The van der Waals surface area contributed by atoms with Crippen molar-refractivity contribution in [3.8, 4) is 11.1 Å². The Morgan fingerprint density at radius 3 is 2.18 bits per heavy atom. The van der Waals surface area contributed by atoms with E-state index in [1.807, 2.05) is 27.7 Å². The standard InChI is InChI=1S/C28H35N3O2S/c1-15(2)12-24-22(13-29)25(21-10-8-16(3)9-11-21)23(20(7)30-24)14-34-27-18(5)17(4)19(6)31-26(27)28(32)33/h8-11,15H,12-14,29H2,1-7H3,(H,32,33). The van der Waals surface area contributed by atoms with Gasteiger partial charge < -0.3 is 10.8 Å². The summed E-state index contributed by atoms with van der Waals surface area (Å²) < 4.78 is 0. The van der Waals surface area contributed by atoms with Crippen LogP contribution < -0.4 is 5.73 Å². The van der Waals surface area contributed by atoms with E-state index >= 15 is 0 Å². The highest BCUT2D eigenvalue weighted by molar-refractivity contribution is 7.98. The van der Waals surface area contributed by atoms with Crippen LogP contribution in [0.3, 0.4) is 0 Å². The van der Waals surface area contributed by atoms with Crippen LogP contribution in [0.1, 0.15) is 69.2 Å². The van der Waals surface area contributed by atoms with Crippen molar-refractivity contribution in [1.29, 1.82) is 0 Å². The van der Waals surface area contributed by atoms with E-state index in [1.165, 1.54) is 17.3 Å². The number of rotatable bonds is 8. The first-order chi connectivity index (χ1) is 16.0. The molecule has 0 bridgehead atoms. The van der Waals surface area contributed by atoms with E-state index in [4.69, 9.17) is 10.7 Å². The van der Waals surface area contributed by atoms with E-state index in [0.29, 0.717) is 23.1 Å². The van der Waals surface area contributed by atoms with Crippen molar-refractivity contribution >= 4 is 17.7 Å². The fraction of sp³-hybridized carbons (Fsp3) is 0.393. The molecule has 0 unspecified atom stereocenters. The molecule has 0 radical (unpaired) electrons. The third-order valence-electron chi connectivity index (χ3n) is 6.34. The van der Waals surface area contributed by atoms with Gasteiger partial charge >= 0.3 is 5.97 Å². The molecule has 2 heterocycles. The van der Waals surface area contributed by atoms with Crippen molar-refractivity contribution in [2.24, 2.45) is 11.7 Å². The molecule has 0 atom stereocenters. The van der Waals surface area contributed by atoms with Gasteiger partial charge in [-0.15, -0.1) is 11.8 Å². The number of aromatic nitrogens is 2. The summed E-state index contributed by atoms with van der Waals surface area (Å²) in [5, 5.41) is 9.81. The van der Waals surface area contributed by atoms with E-state index in [0.717, 1.165) is 56.9 Å². The van der Waals surface area contributed by atoms with Crippen LogP contribution in [0.4, 0.5) is 0 Å². The van der Waals surface area contributed by atoms with E-state index in [2.05, 4.69) is 50.0 Å². The second-order valence-corrected chi connectivity index (χ2v) is 10.3. The van der Waals surface area contributed by atoms with E-state index in [-0.39, 0.29) is 5.69 Å². The molecule has 0 saturated carbocycles. The van der Waals surface area contributed by atoms with Crippen molar-refractivity contribution < 1.29 is 9.90 Å². The second kappa shape index (κ2) is 10.7. The van der Waals surface area contributed by atoms with E-state index in [9.17, 15) is 9.90 Å². The van der Waals surface area contributed by atoms with Crippen LogP contribution in [0.5, 0.6) is 0 Å².